The summed E-state index contributed by atoms with van der Waals surface area (Å²) >= 11 is 3.05. The summed E-state index contributed by atoms with van der Waals surface area (Å²) in [6.45, 7) is 1.57. The van der Waals surface area contributed by atoms with E-state index in [0.29, 0.717) is 19.1 Å². The molecule has 1 amide bonds. The predicted molar refractivity (Wildman–Crippen MR) is 139 cm³/mol. The fraction of sp³-hybridized carbons (Fsp3) is 0.238. The van der Waals surface area contributed by atoms with E-state index in [1.807, 2.05) is 0 Å². The molecule has 184 valence electrons. The second kappa shape index (κ2) is 9.59. The summed E-state index contributed by atoms with van der Waals surface area (Å²) < 4.78 is 54.8. The van der Waals surface area contributed by atoms with Gasteiger partial charge < -0.3 is 10.6 Å². The highest BCUT2D eigenvalue weighted by atomic mass is 32.3. The maximum Gasteiger partial charge on any atom is 0.287 e. The van der Waals surface area contributed by atoms with Crippen molar-refractivity contribution in [2.75, 3.05) is 22.1 Å². The van der Waals surface area contributed by atoms with Crippen molar-refractivity contribution in [3.05, 3.63) is 53.2 Å². The summed E-state index contributed by atoms with van der Waals surface area (Å²) in [6, 6.07) is 10.3. The van der Waals surface area contributed by atoms with E-state index in [2.05, 4.69) is 15.6 Å². The molecule has 1 aliphatic rings. The first-order valence-electron chi connectivity index (χ1n) is 10.6. The van der Waals surface area contributed by atoms with Gasteiger partial charge in [-0.25, -0.2) is 4.98 Å². The third-order valence-corrected chi connectivity index (χ3v) is 13.3. The fourth-order valence-electron chi connectivity index (χ4n) is 3.76. The number of carbonyl (C=O) groups is 1. The number of hydrogen-bond donors (Lipinski definition) is 2. The average molecular weight is 569 g/mol. The van der Waals surface area contributed by atoms with Crippen LogP contribution < -0.4 is 14.3 Å². The third kappa shape index (κ3) is 4.73. The van der Waals surface area contributed by atoms with Crippen molar-refractivity contribution in [3.8, 4) is 0 Å². The average Bonchev–Trinajstić information content (AvgIpc) is 3.61. The molecular formula is C21H20N4O5S5. The molecule has 0 bridgehead atoms. The van der Waals surface area contributed by atoms with Crippen molar-refractivity contribution in [2.24, 2.45) is 5.92 Å². The van der Waals surface area contributed by atoms with Crippen LogP contribution in [0, 0.1) is 5.92 Å². The number of nitrogens with zero attached hydrogens (tertiary/aromatic N) is 2. The monoisotopic (exact) mass is 568 g/mol. The van der Waals surface area contributed by atoms with E-state index in [1.54, 1.807) is 29.0 Å². The van der Waals surface area contributed by atoms with Gasteiger partial charge >= 0.3 is 0 Å². The quantitative estimate of drug-likeness (QED) is 0.346. The second-order valence-electron chi connectivity index (χ2n) is 7.76. The zero-order chi connectivity index (χ0) is 24.6. The van der Waals surface area contributed by atoms with Gasteiger partial charge in [0.25, 0.3) is 20.0 Å². The molecule has 1 aliphatic heterocycles. The van der Waals surface area contributed by atoms with Crippen molar-refractivity contribution < 1.29 is 21.6 Å². The molecule has 1 saturated heterocycles. The summed E-state index contributed by atoms with van der Waals surface area (Å²) in [6.07, 6.45) is 1.49. The molecule has 4 heterocycles. The predicted octanol–water partition coefficient (Wildman–Crippen LogP) is 3.94. The van der Waals surface area contributed by atoms with Crippen LogP contribution in [0.1, 0.15) is 12.8 Å². The van der Waals surface area contributed by atoms with Gasteiger partial charge in [0.2, 0.25) is 5.91 Å². The Balaban J connectivity index is 1.54. The van der Waals surface area contributed by atoms with Gasteiger partial charge in [-0.05, 0) is 67.0 Å². The van der Waals surface area contributed by atoms with E-state index in [0.717, 1.165) is 48.6 Å². The molecule has 0 unspecified atom stereocenters. The minimum absolute atomic E-state index is 0.0285. The van der Waals surface area contributed by atoms with Crippen LogP contribution in [0.3, 0.4) is 0 Å². The number of amides is 1. The van der Waals surface area contributed by atoms with Gasteiger partial charge in [-0.1, -0.05) is 23.5 Å². The number of aromatic nitrogens is 1. The number of hydrogen-bond acceptors (Lipinski definition) is 10. The van der Waals surface area contributed by atoms with Gasteiger partial charge in [-0.2, -0.15) is 20.5 Å². The van der Waals surface area contributed by atoms with Gasteiger partial charge in [0, 0.05) is 5.92 Å². The standard InChI is InChI=1S/C21H20N4O5S5/c26-20(14-7-9-22-10-8-14)24-21-23-16-6-5-15(13-17(16)33-21)25(34(27,28)18-3-1-11-31-18)35(29,30)19-4-2-12-32-19/h1-6,11-14,22H,7-10H2,(H,23,24,26). The molecule has 14 heteroatoms. The Bertz CT molecular complexity index is 1490. The van der Waals surface area contributed by atoms with Gasteiger partial charge in [0.1, 0.15) is 8.42 Å². The molecule has 3 aromatic heterocycles. The molecule has 1 fully saturated rings. The Kier molecular flexibility index (Phi) is 6.67. The molecule has 0 spiro atoms. The fourth-order valence-corrected chi connectivity index (χ4v) is 10.7. The lowest BCUT2D eigenvalue weighted by molar-refractivity contribution is -0.120. The number of thiazole rings is 1. The Labute approximate surface area is 214 Å². The van der Waals surface area contributed by atoms with Crippen LogP contribution in [0.15, 0.2) is 61.6 Å². The lowest BCUT2D eigenvalue weighted by Gasteiger charge is -2.22. The van der Waals surface area contributed by atoms with Crippen molar-refractivity contribution in [1.82, 2.24) is 10.3 Å². The first-order chi connectivity index (χ1) is 16.8. The minimum atomic E-state index is -4.41. The zero-order valence-corrected chi connectivity index (χ0v) is 22.2. The number of rotatable bonds is 7. The molecule has 0 atom stereocenters. The Morgan fingerprint density at radius 2 is 1.60 bits per heavy atom. The first-order valence-corrected chi connectivity index (χ1v) is 16.0. The number of nitrogens with one attached hydrogen (secondary N) is 2. The van der Waals surface area contributed by atoms with E-state index >= 15 is 0 Å². The van der Waals surface area contributed by atoms with Crippen LogP contribution in [0.25, 0.3) is 10.2 Å². The minimum Gasteiger partial charge on any atom is -0.317 e. The van der Waals surface area contributed by atoms with Crippen LogP contribution in [-0.4, -0.2) is 40.8 Å². The van der Waals surface area contributed by atoms with Gasteiger partial charge in [-0.15, -0.1) is 22.7 Å². The highest BCUT2D eigenvalue weighted by Gasteiger charge is 2.38. The zero-order valence-electron chi connectivity index (χ0n) is 18.1. The molecule has 5 rings (SSSR count). The number of carbonyl (C=O) groups excluding carboxylic acids is 1. The summed E-state index contributed by atoms with van der Waals surface area (Å²) in [5.41, 5.74) is 0.500. The number of sulfonamides is 2. The van der Waals surface area contributed by atoms with Gasteiger partial charge in [0.15, 0.2) is 5.13 Å². The number of fused-ring (bicyclic) bond motifs is 1. The molecule has 0 saturated carbocycles. The molecular weight excluding hydrogens is 549 g/mol. The van der Waals surface area contributed by atoms with Crippen LogP contribution >= 0.6 is 34.0 Å². The van der Waals surface area contributed by atoms with Crippen LogP contribution in [-0.2, 0) is 24.8 Å². The SMILES string of the molecule is O=C(Nc1nc2ccc(N(S(=O)(=O)c3cccs3)S(=O)(=O)c3cccs3)cc2s1)C1CCNCC1. The Morgan fingerprint density at radius 3 is 2.17 bits per heavy atom. The lowest BCUT2D eigenvalue weighted by Crippen LogP contribution is -2.36. The first kappa shape index (κ1) is 24.3. The maximum absolute atomic E-state index is 13.5. The molecule has 9 nitrogen and oxygen atoms in total. The van der Waals surface area contributed by atoms with Gasteiger partial charge in [-0.3, -0.25) is 4.79 Å². The second-order valence-corrected chi connectivity index (χ2v) is 14.9. The number of thiophene rings is 2. The molecule has 0 radical (unpaired) electrons. The highest BCUT2D eigenvalue weighted by molar-refractivity contribution is 8.11. The molecule has 0 aliphatic carbocycles. The van der Waals surface area contributed by atoms with Crippen LogP contribution in [0.4, 0.5) is 10.8 Å². The molecule has 35 heavy (non-hydrogen) atoms. The van der Waals surface area contributed by atoms with E-state index in [4.69, 9.17) is 0 Å². The van der Waals surface area contributed by atoms with Crippen molar-refractivity contribution >= 4 is 81.0 Å². The van der Waals surface area contributed by atoms with E-state index in [-0.39, 0.29) is 25.9 Å². The number of piperidine rings is 1. The number of anilines is 2. The van der Waals surface area contributed by atoms with Gasteiger partial charge in [0.05, 0.1) is 15.9 Å². The third-order valence-electron chi connectivity index (χ3n) is 5.46. The topological polar surface area (TPSA) is 126 Å². The molecule has 2 N–H and O–H groups in total. The Hall–Kier alpha value is -2.36. The van der Waals surface area contributed by atoms with Crippen molar-refractivity contribution in [3.63, 3.8) is 0 Å². The summed E-state index contributed by atoms with van der Waals surface area (Å²) in [5, 5.41) is 9.61. The van der Waals surface area contributed by atoms with Crippen LogP contribution in [0.2, 0.25) is 0 Å². The number of benzene rings is 1. The smallest absolute Gasteiger partial charge is 0.287 e. The molecule has 1 aromatic carbocycles. The summed E-state index contributed by atoms with van der Waals surface area (Å²) in [7, 11) is -8.82. The van der Waals surface area contributed by atoms with E-state index in [1.165, 1.54) is 35.6 Å². The summed E-state index contributed by atoms with van der Waals surface area (Å²) in [4.78, 5) is 17.0. The lowest BCUT2D eigenvalue weighted by atomic mass is 9.97. The van der Waals surface area contributed by atoms with Crippen LogP contribution in [0.5, 0.6) is 0 Å². The van der Waals surface area contributed by atoms with E-state index < -0.39 is 20.0 Å². The molecule has 4 aromatic rings. The van der Waals surface area contributed by atoms with Crippen molar-refractivity contribution in [2.45, 2.75) is 21.3 Å². The largest absolute Gasteiger partial charge is 0.317 e. The highest BCUT2D eigenvalue weighted by Crippen LogP contribution is 2.37. The van der Waals surface area contributed by atoms with Crippen molar-refractivity contribution in [1.29, 1.82) is 0 Å². The van der Waals surface area contributed by atoms with E-state index in [9.17, 15) is 21.6 Å². The Morgan fingerprint density at radius 1 is 0.971 bits per heavy atom. The summed E-state index contributed by atoms with van der Waals surface area (Å²) in [5.74, 6) is -0.200. The normalized spacial score (nSPS) is 15.3. The maximum atomic E-state index is 13.5.